The summed E-state index contributed by atoms with van der Waals surface area (Å²) >= 11 is 0. The summed E-state index contributed by atoms with van der Waals surface area (Å²) in [6.45, 7) is 0. The molecular formula is C8H8N2O. The van der Waals surface area contributed by atoms with Crippen molar-refractivity contribution in [2.45, 2.75) is 12.8 Å². The van der Waals surface area contributed by atoms with Crippen molar-refractivity contribution < 1.29 is 4.79 Å². The Bertz CT molecular complexity index is 296. The number of rotatable bonds is 0. The lowest BCUT2D eigenvalue weighted by Crippen LogP contribution is -2.19. The van der Waals surface area contributed by atoms with Crippen LogP contribution in [0.4, 0.5) is 5.69 Å². The first-order chi connectivity index (χ1) is 5.36. The number of amides is 1. The standard InChI is InChI=1S/C8H8N2O/c11-8-4-3-6-7(10-8)2-1-5-9-6/h1-2,5H,3-4H2,(H,10,11). The molecule has 0 aromatic carbocycles. The average Bonchev–Trinajstić information content (AvgIpc) is 2.04. The molecule has 1 aromatic heterocycles. The van der Waals surface area contributed by atoms with Gasteiger partial charge in [0.25, 0.3) is 0 Å². The molecule has 0 bridgehead atoms. The minimum absolute atomic E-state index is 0.0884. The zero-order valence-corrected chi connectivity index (χ0v) is 6.00. The molecule has 56 valence electrons. The number of hydrogen-bond acceptors (Lipinski definition) is 2. The van der Waals surface area contributed by atoms with Crippen molar-refractivity contribution in [2.24, 2.45) is 0 Å². The zero-order chi connectivity index (χ0) is 7.68. The Hall–Kier alpha value is -1.38. The molecule has 1 aliphatic rings. The molecule has 2 rings (SSSR count). The van der Waals surface area contributed by atoms with Gasteiger partial charge in [-0.05, 0) is 12.1 Å². The number of carbonyl (C=O) groups excluding carboxylic acids is 1. The highest BCUT2D eigenvalue weighted by molar-refractivity contribution is 5.93. The van der Waals surface area contributed by atoms with E-state index in [1.165, 1.54) is 0 Å². The SMILES string of the molecule is O=C1CCc2ncccc2N1. The molecule has 0 unspecified atom stereocenters. The van der Waals surface area contributed by atoms with E-state index in [1.807, 2.05) is 12.1 Å². The quantitative estimate of drug-likeness (QED) is 0.595. The number of anilines is 1. The van der Waals surface area contributed by atoms with Crippen molar-refractivity contribution in [3.05, 3.63) is 24.0 Å². The van der Waals surface area contributed by atoms with Crippen molar-refractivity contribution >= 4 is 11.6 Å². The molecule has 1 aliphatic heterocycles. The molecule has 3 heteroatoms. The molecule has 1 amide bonds. The lowest BCUT2D eigenvalue weighted by atomic mass is 10.1. The number of aryl methyl sites for hydroxylation is 1. The molecule has 0 fully saturated rings. The second-order valence-corrected chi connectivity index (χ2v) is 2.55. The minimum atomic E-state index is 0.0884. The molecule has 3 nitrogen and oxygen atoms in total. The third-order valence-corrected chi connectivity index (χ3v) is 1.75. The van der Waals surface area contributed by atoms with E-state index in [4.69, 9.17) is 0 Å². The van der Waals surface area contributed by atoms with Crippen molar-refractivity contribution in [3.8, 4) is 0 Å². The van der Waals surface area contributed by atoms with Crippen LogP contribution in [0.25, 0.3) is 0 Å². The predicted octanol–water partition coefficient (Wildman–Crippen LogP) is 0.966. The van der Waals surface area contributed by atoms with Crippen LogP contribution in [0.1, 0.15) is 12.1 Å². The maximum absolute atomic E-state index is 10.9. The van der Waals surface area contributed by atoms with Gasteiger partial charge >= 0.3 is 0 Å². The molecule has 0 radical (unpaired) electrons. The van der Waals surface area contributed by atoms with E-state index < -0.39 is 0 Å². The van der Waals surface area contributed by atoms with Crippen LogP contribution in [0.15, 0.2) is 18.3 Å². The highest BCUT2D eigenvalue weighted by atomic mass is 16.1. The summed E-state index contributed by atoms with van der Waals surface area (Å²) in [4.78, 5) is 15.0. The van der Waals surface area contributed by atoms with Gasteiger partial charge in [0, 0.05) is 19.0 Å². The Labute approximate surface area is 64.5 Å². The molecule has 1 N–H and O–H groups in total. The van der Waals surface area contributed by atoms with Gasteiger partial charge in [-0.25, -0.2) is 0 Å². The number of hydrogen-bond donors (Lipinski definition) is 1. The van der Waals surface area contributed by atoms with Crippen LogP contribution in [-0.2, 0) is 11.2 Å². The third kappa shape index (κ3) is 1.09. The summed E-state index contributed by atoms with van der Waals surface area (Å²) in [7, 11) is 0. The smallest absolute Gasteiger partial charge is 0.224 e. The maximum atomic E-state index is 10.9. The van der Waals surface area contributed by atoms with Gasteiger partial charge in [0.05, 0.1) is 11.4 Å². The zero-order valence-electron chi connectivity index (χ0n) is 6.00. The number of pyridine rings is 1. The van der Waals surface area contributed by atoms with Gasteiger partial charge in [-0.2, -0.15) is 0 Å². The lowest BCUT2D eigenvalue weighted by Gasteiger charge is -2.14. The minimum Gasteiger partial charge on any atom is -0.324 e. The summed E-state index contributed by atoms with van der Waals surface area (Å²) in [5.41, 5.74) is 1.86. The fraction of sp³-hybridized carbons (Fsp3) is 0.250. The first-order valence-corrected chi connectivity index (χ1v) is 3.60. The Morgan fingerprint density at radius 3 is 3.27 bits per heavy atom. The summed E-state index contributed by atoms with van der Waals surface area (Å²) in [6, 6.07) is 3.70. The largest absolute Gasteiger partial charge is 0.324 e. The predicted molar refractivity (Wildman–Crippen MR) is 41.2 cm³/mol. The number of nitrogens with zero attached hydrogens (tertiary/aromatic N) is 1. The van der Waals surface area contributed by atoms with Gasteiger partial charge in [-0.15, -0.1) is 0 Å². The Morgan fingerprint density at radius 1 is 1.45 bits per heavy atom. The molecule has 0 spiro atoms. The topological polar surface area (TPSA) is 42.0 Å². The summed E-state index contributed by atoms with van der Waals surface area (Å²) in [6.07, 6.45) is 3.07. The van der Waals surface area contributed by atoms with Crippen LogP contribution in [-0.4, -0.2) is 10.9 Å². The molecule has 0 atom stereocenters. The first kappa shape index (κ1) is 6.34. The molecular weight excluding hydrogens is 140 g/mol. The second-order valence-electron chi connectivity index (χ2n) is 2.55. The van der Waals surface area contributed by atoms with Gasteiger partial charge in [-0.3, -0.25) is 9.78 Å². The average molecular weight is 148 g/mol. The van der Waals surface area contributed by atoms with Gasteiger partial charge in [0.15, 0.2) is 0 Å². The van der Waals surface area contributed by atoms with Gasteiger partial charge in [0.2, 0.25) is 5.91 Å². The number of carbonyl (C=O) groups is 1. The van der Waals surface area contributed by atoms with Crippen LogP contribution in [0.3, 0.4) is 0 Å². The molecule has 11 heavy (non-hydrogen) atoms. The van der Waals surface area contributed by atoms with E-state index in [1.54, 1.807) is 6.20 Å². The number of nitrogens with one attached hydrogen (secondary N) is 1. The van der Waals surface area contributed by atoms with Gasteiger partial charge in [-0.1, -0.05) is 0 Å². The van der Waals surface area contributed by atoms with Crippen LogP contribution >= 0.6 is 0 Å². The molecule has 2 heterocycles. The van der Waals surface area contributed by atoms with Crippen LogP contribution in [0.5, 0.6) is 0 Å². The number of fused-ring (bicyclic) bond motifs is 1. The highest BCUT2D eigenvalue weighted by Crippen LogP contribution is 2.18. The van der Waals surface area contributed by atoms with Gasteiger partial charge in [0.1, 0.15) is 0 Å². The lowest BCUT2D eigenvalue weighted by molar-refractivity contribution is -0.116. The molecule has 0 saturated carbocycles. The second kappa shape index (κ2) is 2.34. The highest BCUT2D eigenvalue weighted by Gasteiger charge is 2.13. The Kier molecular flexibility index (Phi) is 1.35. The summed E-state index contributed by atoms with van der Waals surface area (Å²) < 4.78 is 0. The van der Waals surface area contributed by atoms with Crippen LogP contribution in [0, 0.1) is 0 Å². The molecule has 0 saturated heterocycles. The normalized spacial score (nSPS) is 15.5. The molecule has 0 aliphatic carbocycles. The Balaban J connectivity index is 2.41. The summed E-state index contributed by atoms with van der Waals surface area (Å²) in [5.74, 6) is 0.0884. The van der Waals surface area contributed by atoms with Crippen molar-refractivity contribution in [1.82, 2.24) is 4.98 Å². The summed E-state index contributed by atoms with van der Waals surface area (Å²) in [5, 5.41) is 2.76. The van der Waals surface area contributed by atoms with Gasteiger partial charge < -0.3 is 5.32 Å². The van der Waals surface area contributed by atoms with E-state index in [2.05, 4.69) is 10.3 Å². The molecule has 1 aromatic rings. The fourth-order valence-electron chi connectivity index (χ4n) is 1.20. The van der Waals surface area contributed by atoms with Crippen LogP contribution < -0.4 is 5.32 Å². The van der Waals surface area contributed by atoms with Crippen molar-refractivity contribution in [3.63, 3.8) is 0 Å². The van der Waals surface area contributed by atoms with Crippen molar-refractivity contribution in [1.29, 1.82) is 0 Å². The van der Waals surface area contributed by atoms with E-state index in [0.29, 0.717) is 6.42 Å². The third-order valence-electron chi connectivity index (χ3n) is 1.75. The van der Waals surface area contributed by atoms with Crippen molar-refractivity contribution in [2.75, 3.05) is 5.32 Å². The van der Waals surface area contributed by atoms with E-state index in [-0.39, 0.29) is 5.91 Å². The van der Waals surface area contributed by atoms with E-state index in [0.717, 1.165) is 17.8 Å². The number of aromatic nitrogens is 1. The first-order valence-electron chi connectivity index (χ1n) is 3.60. The van der Waals surface area contributed by atoms with E-state index in [9.17, 15) is 4.79 Å². The monoisotopic (exact) mass is 148 g/mol. The Morgan fingerprint density at radius 2 is 2.36 bits per heavy atom. The maximum Gasteiger partial charge on any atom is 0.224 e. The fourth-order valence-corrected chi connectivity index (χ4v) is 1.20. The van der Waals surface area contributed by atoms with Crippen LogP contribution in [0.2, 0.25) is 0 Å². The van der Waals surface area contributed by atoms with E-state index >= 15 is 0 Å².